The fourth-order valence-electron chi connectivity index (χ4n) is 3.42. The number of aryl methyl sites for hydroxylation is 1. The zero-order valence-corrected chi connectivity index (χ0v) is 19.7. The van der Waals surface area contributed by atoms with Crippen molar-refractivity contribution in [1.82, 2.24) is 5.32 Å². The summed E-state index contributed by atoms with van der Waals surface area (Å²) in [5.41, 5.74) is 2.72. The average Bonchev–Trinajstić information content (AvgIpc) is 2.82. The minimum absolute atomic E-state index is 0.158. The lowest BCUT2D eigenvalue weighted by molar-refractivity contribution is -0.118. The van der Waals surface area contributed by atoms with Crippen LogP contribution in [0.3, 0.4) is 0 Å². The highest BCUT2D eigenvalue weighted by Gasteiger charge is 2.26. The quantitative estimate of drug-likeness (QED) is 0.457. The Morgan fingerprint density at radius 3 is 2.18 bits per heavy atom. The van der Waals surface area contributed by atoms with Gasteiger partial charge in [-0.25, -0.2) is 0 Å². The molecule has 3 N–H and O–H groups in total. The van der Waals surface area contributed by atoms with Crippen LogP contribution in [0.4, 0.5) is 11.4 Å². The fraction of sp³-hybridized carbons (Fsp3) is 0.222. The van der Waals surface area contributed by atoms with Gasteiger partial charge in [-0.3, -0.25) is 14.4 Å². The van der Waals surface area contributed by atoms with Gasteiger partial charge in [-0.2, -0.15) is 0 Å². The minimum Gasteiger partial charge on any atom is -0.497 e. The van der Waals surface area contributed by atoms with Crippen molar-refractivity contribution in [2.75, 3.05) is 17.7 Å². The number of benzene rings is 3. The van der Waals surface area contributed by atoms with Crippen LogP contribution in [0.5, 0.6) is 5.75 Å². The second-order valence-electron chi connectivity index (χ2n) is 8.28. The van der Waals surface area contributed by atoms with E-state index >= 15 is 0 Å². The van der Waals surface area contributed by atoms with E-state index in [1.165, 1.54) is 0 Å². The lowest BCUT2D eigenvalue weighted by Gasteiger charge is -2.22. The number of nitrogens with one attached hydrogen (secondary N) is 3. The first-order chi connectivity index (χ1) is 16.3. The normalized spacial score (nSPS) is 11.4. The summed E-state index contributed by atoms with van der Waals surface area (Å²) in [7, 11) is 1.55. The van der Waals surface area contributed by atoms with E-state index in [1.54, 1.807) is 61.7 Å². The number of amides is 3. The van der Waals surface area contributed by atoms with Gasteiger partial charge in [0, 0.05) is 11.3 Å². The predicted molar refractivity (Wildman–Crippen MR) is 133 cm³/mol. The Balaban J connectivity index is 1.75. The second kappa shape index (κ2) is 11.1. The Kier molecular flexibility index (Phi) is 8.03. The molecule has 0 bridgehead atoms. The molecule has 7 nitrogen and oxygen atoms in total. The molecule has 0 aliphatic carbocycles. The number of carbonyl (C=O) groups is 3. The zero-order valence-electron chi connectivity index (χ0n) is 19.7. The highest BCUT2D eigenvalue weighted by molar-refractivity contribution is 6.10. The van der Waals surface area contributed by atoms with Crippen LogP contribution in [0, 0.1) is 12.8 Å². The highest BCUT2D eigenvalue weighted by Crippen LogP contribution is 2.19. The van der Waals surface area contributed by atoms with Crippen molar-refractivity contribution >= 4 is 29.1 Å². The van der Waals surface area contributed by atoms with E-state index in [0.29, 0.717) is 22.7 Å². The summed E-state index contributed by atoms with van der Waals surface area (Å²) < 4.78 is 5.12. The molecule has 0 spiro atoms. The molecule has 0 aliphatic heterocycles. The van der Waals surface area contributed by atoms with Gasteiger partial charge in [-0.05, 0) is 66.9 Å². The van der Waals surface area contributed by atoms with Crippen molar-refractivity contribution < 1.29 is 19.1 Å². The molecule has 0 saturated carbocycles. The van der Waals surface area contributed by atoms with Crippen LogP contribution in [-0.2, 0) is 4.79 Å². The molecule has 3 aromatic rings. The molecule has 0 saturated heterocycles. The minimum atomic E-state index is -0.765. The molecule has 3 aromatic carbocycles. The molecule has 0 heterocycles. The number of ether oxygens (including phenoxy) is 1. The summed E-state index contributed by atoms with van der Waals surface area (Å²) in [4.78, 5) is 38.8. The Morgan fingerprint density at radius 2 is 1.53 bits per heavy atom. The number of methoxy groups -OCH3 is 1. The van der Waals surface area contributed by atoms with Crippen molar-refractivity contribution in [3.05, 3.63) is 89.5 Å². The maximum atomic E-state index is 13.1. The van der Waals surface area contributed by atoms with E-state index in [1.807, 2.05) is 39.0 Å². The fourth-order valence-corrected chi connectivity index (χ4v) is 3.42. The van der Waals surface area contributed by atoms with Crippen molar-refractivity contribution in [2.45, 2.75) is 26.8 Å². The van der Waals surface area contributed by atoms with Crippen LogP contribution in [0.15, 0.2) is 72.8 Å². The first-order valence-corrected chi connectivity index (χ1v) is 11.0. The van der Waals surface area contributed by atoms with Gasteiger partial charge in [0.25, 0.3) is 11.8 Å². The number of para-hydroxylation sites is 1. The molecule has 34 heavy (non-hydrogen) atoms. The van der Waals surface area contributed by atoms with Crippen LogP contribution >= 0.6 is 0 Å². The number of anilines is 2. The van der Waals surface area contributed by atoms with Gasteiger partial charge in [0.05, 0.1) is 18.4 Å². The zero-order chi connectivity index (χ0) is 24.7. The summed E-state index contributed by atoms with van der Waals surface area (Å²) in [6.45, 7) is 5.66. The monoisotopic (exact) mass is 459 g/mol. The van der Waals surface area contributed by atoms with Gasteiger partial charge in [-0.1, -0.05) is 38.1 Å². The van der Waals surface area contributed by atoms with E-state index in [9.17, 15) is 14.4 Å². The maximum absolute atomic E-state index is 13.1. The molecule has 0 radical (unpaired) electrons. The number of rotatable bonds is 8. The SMILES string of the molecule is COc1ccc(C(=O)Nc2ccccc2C(=O)NC(C(=O)Nc2cccc(C)c2)C(C)C)cc1. The topological polar surface area (TPSA) is 96.5 Å². The molecule has 0 aliphatic rings. The van der Waals surface area contributed by atoms with Crippen molar-refractivity contribution in [3.8, 4) is 5.75 Å². The van der Waals surface area contributed by atoms with E-state index in [2.05, 4.69) is 16.0 Å². The molecule has 3 amide bonds. The van der Waals surface area contributed by atoms with Gasteiger partial charge in [-0.15, -0.1) is 0 Å². The van der Waals surface area contributed by atoms with E-state index in [0.717, 1.165) is 5.56 Å². The third-order valence-corrected chi connectivity index (χ3v) is 5.29. The first-order valence-electron chi connectivity index (χ1n) is 11.0. The van der Waals surface area contributed by atoms with Gasteiger partial charge in [0.1, 0.15) is 11.8 Å². The number of carbonyl (C=O) groups excluding carboxylic acids is 3. The molecule has 0 aromatic heterocycles. The third-order valence-electron chi connectivity index (χ3n) is 5.29. The smallest absolute Gasteiger partial charge is 0.255 e. The third kappa shape index (κ3) is 6.22. The molecular weight excluding hydrogens is 430 g/mol. The van der Waals surface area contributed by atoms with Gasteiger partial charge in [0.2, 0.25) is 5.91 Å². The molecule has 1 unspecified atom stereocenters. The molecule has 7 heteroatoms. The van der Waals surface area contributed by atoms with Crippen LogP contribution in [0.25, 0.3) is 0 Å². The summed E-state index contributed by atoms with van der Waals surface area (Å²) in [6, 6.07) is 20.0. The average molecular weight is 460 g/mol. The summed E-state index contributed by atoms with van der Waals surface area (Å²) in [5.74, 6) is -0.646. The Morgan fingerprint density at radius 1 is 0.824 bits per heavy atom. The molecule has 0 fully saturated rings. The maximum Gasteiger partial charge on any atom is 0.255 e. The molecular formula is C27H29N3O4. The van der Waals surface area contributed by atoms with E-state index in [4.69, 9.17) is 4.74 Å². The van der Waals surface area contributed by atoms with Gasteiger partial charge in [0.15, 0.2) is 0 Å². The standard InChI is InChI=1S/C27H29N3O4/c1-17(2)24(27(33)28-20-9-7-8-18(3)16-20)30-26(32)22-10-5-6-11-23(22)29-25(31)19-12-14-21(34-4)15-13-19/h5-17,24H,1-4H3,(H,28,33)(H,29,31)(H,30,32). The molecule has 3 rings (SSSR count). The summed E-state index contributed by atoms with van der Waals surface area (Å²) in [5, 5.41) is 8.46. The van der Waals surface area contributed by atoms with Crippen molar-refractivity contribution in [2.24, 2.45) is 5.92 Å². The predicted octanol–water partition coefficient (Wildman–Crippen LogP) is 4.65. The van der Waals surface area contributed by atoms with Gasteiger partial charge < -0.3 is 20.7 Å². The summed E-state index contributed by atoms with van der Waals surface area (Å²) in [6.07, 6.45) is 0. The van der Waals surface area contributed by atoms with E-state index < -0.39 is 11.9 Å². The molecule has 1 atom stereocenters. The second-order valence-corrected chi connectivity index (χ2v) is 8.28. The number of hydrogen-bond donors (Lipinski definition) is 3. The van der Waals surface area contributed by atoms with Crippen LogP contribution in [0.2, 0.25) is 0 Å². The lowest BCUT2D eigenvalue weighted by Crippen LogP contribution is -2.47. The Hall–Kier alpha value is -4.13. The number of hydrogen-bond acceptors (Lipinski definition) is 4. The lowest BCUT2D eigenvalue weighted by atomic mass is 10.0. The largest absolute Gasteiger partial charge is 0.497 e. The highest BCUT2D eigenvalue weighted by atomic mass is 16.5. The van der Waals surface area contributed by atoms with Gasteiger partial charge >= 0.3 is 0 Å². The Bertz CT molecular complexity index is 1170. The summed E-state index contributed by atoms with van der Waals surface area (Å²) >= 11 is 0. The van der Waals surface area contributed by atoms with Crippen molar-refractivity contribution in [3.63, 3.8) is 0 Å². The van der Waals surface area contributed by atoms with E-state index in [-0.39, 0.29) is 23.3 Å². The van der Waals surface area contributed by atoms with Crippen molar-refractivity contribution in [1.29, 1.82) is 0 Å². The first kappa shape index (κ1) is 24.5. The van der Waals surface area contributed by atoms with Crippen LogP contribution < -0.4 is 20.7 Å². The molecule has 176 valence electrons. The van der Waals surface area contributed by atoms with Crippen LogP contribution in [0.1, 0.15) is 40.1 Å². The van der Waals surface area contributed by atoms with Crippen LogP contribution in [-0.4, -0.2) is 30.9 Å². The Labute approximate surface area is 199 Å².